The Kier molecular flexibility index (Phi) is 7.42. The zero-order chi connectivity index (χ0) is 31.1. The number of esters is 3. The number of allylic oxidation sites excluding steroid dienone is 3. The van der Waals surface area contributed by atoms with Gasteiger partial charge >= 0.3 is 17.9 Å². The summed E-state index contributed by atoms with van der Waals surface area (Å²) in [6, 6.07) is 0. The van der Waals surface area contributed by atoms with Gasteiger partial charge in [-0.15, -0.1) is 0 Å². The first-order valence-corrected chi connectivity index (χ1v) is 16.2. The smallest absolute Gasteiger partial charge is 0.302 e. The molecule has 0 amide bonds. The Morgan fingerprint density at radius 1 is 0.810 bits per heavy atom. The summed E-state index contributed by atoms with van der Waals surface area (Å²) in [6.07, 6.45) is 12.4. The van der Waals surface area contributed by atoms with E-state index in [9.17, 15) is 14.4 Å². The molecule has 0 radical (unpaired) electrons. The molecule has 0 aromatic carbocycles. The first-order chi connectivity index (χ1) is 19.3. The van der Waals surface area contributed by atoms with Crippen molar-refractivity contribution in [3.8, 4) is 0 Å². The van der Waals surface area contributed by atoms with E-state index >= 15 is 0 Å². The molecule has 5 rings (SSSR count). The van der Waals surface area contributed by atoms with Crippen molar-refractivity contribution in [3.05, 3.63) is 23.3 Å². The highest BCUT2D eigenvalue weighted by Gasteiger charge is 2.67. The Morgan fingerprint density at radius 2 is 1.45 bits per heavy atom. The summed E-state index contributed by atoms with van der Waals surface area (Å²) in [6.45, 7) is 21.5. The topological polar surface area (TPSA) is 78.9 Å². The number of rotatable bonds is 4. The van der Waals surface area contributed by atoms with Crippen LogP contribution >= 0.6 is 0 Å². The number of fused-ring (bicyclic) bond motifs is 6. The summed E-state index contributed by atoms with van der Waals surface area (Å²) >= 11 is 0. The highest BCUT2D eigenvalue weighted by Crippen LogP contribution is 2.74. The van der Waals surface area contributed by atoms with Gasteiger partial charge in [-0.2, -0.15) is 0 Å². The van der Waals surface area contributed by atoms with E-state index in [2.05, 4.69) is 60.6 Å². The Balaban J connectivity index is 1.60. The first-order valence-electron chi connectivity index (χ1n) is 16.2. The van der Waals surface area contributed by atoms with Crippen molar-refractivity contribution in [2.45, 2.75) is 133 Å². The average Bonchev–Trinajstić information content (AvgIpc) is 2.86. The number of hydrogen-bond donors (Lipinski definition) is 0. The van der Waals surface area contributed by atoms with Crippen LogP contribution in [0, 0.1) is 44.3 Å². The van der Waals surface area contributed by atoms with Crippen molar-refractivity contribution in [3.63, 3.8) is 0 Å². The Morgan fingerprint density at radius 3 is 2.07 bits per heavy atom. The highest BCUT2D eigenvalue weighted by atomic mass is 16.6. The number of carbonyl (C=O) groups is 3. The second-order valence-corrected chi connectivity index (χ2v) is 16.5. The van der Waals surface area contributed by atoms with Crippen molar-refractivity contribution >= 4 is 17.9 Å². The quantitative estimate of drug-likeness (QED) is 0.249. The second kappa shape index (κ2) is 9.95. The van der Waals surface area contributed by atoms with Crippen molar-refractivity contribution < 1.29 is 28.6 Å². The van der Waals surface area contributed by atoms with E-state index in [1.807, 2.05) is 0 Å². The van der Waals surface area contributed by atoms with Crippen LogP contribution < -0.4 is 0 Å². The molecule has 0 unspecified atom stereocenters. The summed E-state index contributed by atoms with van der Waals surface area (Å²) in [5.41, 5.74) is 2.35. The van der Waals surface area contributed by atoms with E-state index in [-0.39, 0.29) is 62.6 Å². The van der Waals surface area contributed by atoms with Crippen LogP contribution in [0.4, 0.5) is 0 Å². The zero-order valence-electron chi connectivity index (χ0n) is 27.8. The minimum atomic E-state index is -0.305. The van der Waals surface area contributed by atoms with Crippen molar-refractivity contribution in [1.29, 1.82) is 0 Å². The zero-order valence-corrected chi connectivity index (χ0v) is 27.8. The predicted molar refractivity (Wildman–Crippen MR) is 162 cm³/mol. The standard InChI is InChI=1S/C36H54O6/c1-22(37)40-21-32(6)19-26-25-11-12-28-34(8)15-14-29(41-23(2)38)31(4,5)27(34)13-16-36(28,10)35(25,9)18-17-33(26,7)30(20-32)42-24(3)39/h11-12,27-30H,13-21H2,1-10H3/t27-,28-,29-,30-,32+,33+,34-,35+,36+/m0/s1. The van der Waals surface area contributed by atoms with E-state index < -0.39 is 0 Å². The van der Waals surface area contributed by atoms with Gasteiger partial charge in [-0.3, -0.25) is 14.4 Å². The Bertz CT molecular complexity index is 1230. The molecule has 6 heteroatoms. The molecule has 3 saturated carbocycles. The third-order valence-corrected chi connectivity index (χ3v) is 13.5. The van der Waals surface area contributed by atoms with Crippen LogP contribution in [0.1, 0.15) is 121 Å². The number of hydrogen-bond acceptors (Lipinski definition) is 6. The Hall–Kier alpha value is -2.11. The van der Waals surface area contributed by atoms with Gasteiger partial charge in [-0.05, 0) is 85.0 Å². The fourth-order valence-corrected chi connectivity index (χ4v) is 11.0. The van der Waals surface area contributed by atoms with Crippen LogP contribution in [-0.4, -0.2) is 36.7 Å². The molecule has 3 fully saturated rings. The summed E-state index contributed by atoms with van der Waals surface area (Å²) in [5.74, 6) is 0.182. The molecule has 0 aromatic rings. The summed E-state index contributed by atoms with van der Waals surface area (Å²) in [5, 5.41) is 0. The van der Waals surface area contributed by atoms with Gasteiger partial charge in [0.15, 0.2) is 0 Å². The van der Waals surface area contributed by atoms with E-state index in [1.165, 1.54) is 31.9 Å². The monoisotopic (exact) mass is 582 g/mol. The molecule has 0 N–H and O–H groups in total. The van der Waals surface area contributed by atoms with E-state index in [4.69, 9.17) is 14.2 Å². The summed E-state index contributed by atoms with van der Waals surface area (Å²) < 4.78 is 17.6. The van der Waals surface area contributed by atoms with Gasteiger partial charge in [0.2, 0.25) is 0 Å². The van der Waals surface area contributed by atoms with Crippen molar-refractivity contribution in [2.75, 3.05) is 6.61 Å². The van der Waals surface area contributed by atoms with Crippen LogP contribution in [-0.2, 0) is 28.6 Å². The molecule has 0 saturated heterocycles. The Labute approximate surface area is 253 Å². The largest absolute Gasteiger partial charge is 0.465 e. The van der Waals surface area contributed by atoms with Gasteiger partial charge in [0.05, 0.1) is 6.61 Å². The minimum absolute atomic E-state index is 0.0213. The van der Waals surface area contributed by atoms with Crippen LogP contribution in [0.2, 0.25) is 0 Å². The van der Waals surface area contributed by atoms with E-state index in [0.29, 0.717) is 24.9 Å². The molecule has 6 nitrogen and oxygen atoms in total. The average molecular weight is 583 g/mol. The molecule has 0 aliphatic heterocycles. The van der Waals surface area contributed by atoms with Gasteiger partial charge in [-0.1, -0.05) is 66.2 Å². The van der Waals surface area contributed by atoms with E-state index in [0.717, 1.165) is 44.9 Å². The minimum Gasteiger partial charge on any atom is -0.465 e. The third kappa shape index (κ3) is 4.51. The molecule has 234 valence electrons. The number of ether oxygens (including phenoxy) is 3. The molecule has 9 atom stereocenters. The lowest BCUT2D eigenvalue weighted by Crippen LogP contribution is -2.63. The lowest BCUT2D eigenvalue weighted by molar-refractivity contribution is -0.198. The van der Waals surface area contributed by atoms with Gasteiger partial charge in [0.25, 0.3) is 0 Å². The lowest BCUT2D eigenvalue weighted by Gasteiger charge is -2.69. The molecule has 0 heterocycles. The molecule has 5 aliphatic carbocycles. The predicted octanol–water partition coefficient (Wildman–Crippen LogP) is 7.74. The number of carbonyl (C=O) groups excluding carboxylic acids is 3. The molecular formula is C36H54O6. The van der Waals surface area contributed by atoms with Gasteiger partial charge in [0.1, 0.15) is 12.2 Å². The van der Waals surface area contributed by atoms with Crippen LogP contribution in [0.25, 0.3) is 0 Å². The summed E-state index contributed by atoms with van der Waals surface area (Å²) in [7, 11) is 0. The fraction of sp³-hybridized carbons (Fsp3) is 0.806. The third-order valence-electron chi connectivity index (χ3n) is 13.5. The maximum Gasteiger partial charge on any atom is 0.302 e. The normalized spacial score (nSPS) is 45.5. The molecule has 0 spiro atoms. The maximum absolute atomic E-state index is 12.3. The fourth-order valence-electron chi connectivity index (χ4n) is 11.0. The van der Waals surface area contributed by atoms with Gasteiger partial charge < -0.3 is 14.2 Å². The maximum atomic E-state index is 12.3. The molecule has 0 bridgehead atoms. The second-order valence-electron chi connectivity index (χ2n) is 16.5. The molecular weight excluding hydrogens is 528 g/mol. The molecule has 42 heavy (non-hydrogen) atoms. The van der Waals surface area contributed by atoms with Crippen molar-refractivity contribution in [1.82, 2.24) is 0 Å². The SMILES string of the molecule is CC(=O)OC[C@]1(C)CC2=C3C=C[C@H]4[C@@]5(C)CC[C@H](OC(C)=O)C(C)(C)[C@@H]5CC[C@@]4(C)[C@]3(C)CC[C@@]2(C)[C@@H](OC(C)=O)C1. The first kappa shape index (κ1) is 31.3. The van der Waals surface area contributed by atoms with Crippen LogP contribution in [0.3, 0.4) is 0 Å². The van der Waals surface area contributed by atoms with Crippen LogP contribution in [0.5, 0.6) is 0 Å². The van der Waals surface area contributed by atoms with E-state index in [1.54, 1.807) is 0 Å². The van der Waals surface area contributed by atoms with Crippen LogP contribution in [0.15, 0.2) is 23.3 Å². The summed E-state index contributed by atoms with van der Waals surface area (Å²) in [4.78, 5) is 36.1. The lowest BCUT2D eigenvalue weighted by atomic mass is 9.35. The molecule has 5 aliphatic rings. The van der Waals surface area contributed by atoms with Gasteiger partial charge in [0, 0.05) is 37.0 Å². The van der Waals surface area contributed by atoms with Gasteiger partial charge in [-0.25, -0.2) is 0 Å². The highest BCUT2D eigenvalue weighted by molar-refractivity contribution is 5.67. The molecule has 0 aromatic heterocycles. The van der Waals surface area contributed by atoms with Crippen molar-refractivity contribution in [2.24, 2.45) is 44.3 Å².